The van der Waals surface area contributed by atoms with Gasteiger partial charge in [-0.1, -0.05) is 12.1 Å². The summed E-state index contributed by atoms with van der Waals surface area (Å²) in [5, 5.41) is 2.42. The van der Waals surface area contributed by atoms with Gasteiger partial charge in [0, 0.05) is 37.6 Å². The summed E-state index contributed by atoms with van der Waals surface area (Å²) >= 11 is 1.37. The van der Waals surface area contributed by atoms with Gasteiger partial charge in [-0.05, 0) is 67.5 Å². The fourth-order valence-electron chi connectivity index (χ4n) is 3.02. The van der Waals surface area contributed by atoms with Gasteiger partial charge in [-0.15, -0.1) is 11.3 Å². The number of rotatable bonds is 6. The molecular weight excluding hydrogens is 394 g/mol. The number of nitrogens with zero attached hydrogens (tertiary/aromatic N) is 3. The van der Waals surface area contributed by atoms with Crippen LogP contribution in [0.4, 0.5) is 16.5 Å². The maximum atomic E-state index is 12.5. The van der Waals surface area contributed by atoms with E-state index in [0.29, 0.717) is 16.4 Å². The van der Waals surface area contributed by atoms with Gasteiger partial charge in [0.2, 0.25) is 5.91 Å². The Labute approximate surface area is 181 Å². The molecule has 3 aromatic rings. The lowest BCUT2D eigenvalue weighted by Gasteiger charge is -2.21. The number of ketones is 1. The van der Waals surface area contributed by atoms with Crippen molar-refractivity contribution in [1.29, 1.82) is 0 Å². The van der Waals surface area contributed by atoms with Crippen molar-refractivity contribution in [3.8, 4) is 0 Å². The molecule has 0 radical (unpaired) electrons. The van der Waals surface area contributed by atoms with Gasteiger partial charge in [-0.25, -0.2) is 4.98 Å². The summed E-state index contributed by atoms with van der Waals surface area (Å²) in [6.07, 6.45) is 3.20. The minimum Gasteiger partial charge on any atom is -0.378 e. The third-order valence-corrected chi connectivity index (χ3v) is 5.75. The van der Waals surface area contributed by atoms with E-state index in [1.54, 1.807) is 11.0 Å². The number of benzene rings is 2. The fourth-order valence-corrected chi connectivity index (χ4v) is 3.87. The number of carbonyl (C=O) groups excluding carboxylic acids is 2. The first kappa shape index (κ1) is 21.5. The number of aryl methyl sites for hydroxylation is 1. The Morgan fingerprint density at radius 1 is 1.03 bits per heavy atom. The van der Waals surface area contributed by atoms with Crippen molar-refractivity contribution in [2.24, 2.45) is 0 Å². The van der Waals surface area contributed by atoms with Crippen molar-refractivity contribution in [1.82, 2.24) is 4.98 Å². The second-order valence-electron chi connectivity index (χ2n) is 7.27. The summed E-state index contributed by atoms with van der Waals surface area (Å²) in [7, 11) is 3.91. The fraction of sp³-hybridized carbons (Fsp3) is 0.208. The van der Waals surface area contributed by atoms with Crippen LogP contribution in [-0.4, -0.2) is 30.8 Å². The molecule has 0 aliphatic rings. The molecule has 0 aliphatic carbocycles. The largest absolute Gasteiger partial charge is 0.378 e. The second kappa shape index (κ2) is 9.05. The number of hydrogen-bond donors (Lipinski definition) is 0. The number of allylic oxidation sites excluding steroid dienone is 1. The summed E-state index contributed by atoms with van der Waals surface area (Å²) < 4.78 is 0. The molecule has 30 heavy (non-hydrogen) atoms. The predicted octanol–water partition coefficient (Wildman–Crippen LogP) is 5.41. The second-order valence-corrected chi connectivity index (χ2v) is 8.10. The molecule has 2 aromatic carbocycles. The molecule has 3 rings (SSSR count). The highest BCUT2D eigenvalue weighted by atomic mass is 32.1. The smallest absolute Gasteiger partial charge is 0.230 e. The lowest BCUT2D eigenvalue weighted by molar-refractivity contribution is -0.115. The van der Waals surface area contributed by atoms with E-state index in [0.717, 1.165) is 22.5 Å². The average Bonchev–Trinajstić information content (AvgIpc) is 3.17. The summed E-state index contributed by atoms with van der Waals surface area (Å²) in [6.45, 7) is 5.54. The van der Waals surface area contributed by atoms with Gasteiger partial charge in [0.15, 0.2) is 10.9 Å². The lowest BCUT2D eigenvalue weighted by atomic mass is 10.1. The number of anilines is 3. The van der Waals surface area contributed by atoms with E-state index in [1.165, 1.54) is 24.3 Å². The van der Waals surface area contributed by atoms with E-state index in [1.807, 2.05) is 80.7 Å². The Morgan fingerprint density at radius 3 is 2.37 bits per heavy atom. The van der Waals surface area contributed by atoms with Crippen LogP contribution in [0, 0.1) is 13.8 Å². The summed E-state index contributed by atoms with van der Waals surface area (Å²) in [4.78, 5) is 33.0. The number of amides is 1. The quantitative estimate of drug-likeness (QED) is 0.396. The third-order valence-electron chi connectivity index (χ3n) is 4.91. The molecule has 0 aliphatic heterocycles. The van der Waals surface area contributed by atoms with Gasteiger partial charge in [-0.3, -0.25) is 14.5 Å². The van der Waals surface area contributed by atoms with E-state index in [-0.39, 0.29) is 11.7 Å². The summed E-state index contributed by atoms with van der Waals surface area (Å²) in [6, 6.07) is 13.3. The monoisotopic (exact) mass is 419 g/mol. The highest BCUT2D eigenvalue weighted by molar-refractivity contribution is 7.14. The van der Waals surface area contributed by atoms with Gasteiger partial charge in [-0.2, -0.15) is 0 Å². The molecule has 0 fully saturated rings. The SMILES string of the molecule is CC(=O)N(c1nc(C=CC(=O)c2ccc(N(C)C)cc2)cs1)c1cccc(C)c1C. The average molecular weight is 420 g/mol. The zero-order chi connectivity index (χ0) is 21.8. The van der Waals surface area contributed by atoms with Crippen molar-refractivity contribution >= 4 is 45.6 Å². The van der Waals surface area contributed by atoms with Crippen LogP contribution in [-0.2, 0) is 4.79 Å². The van der Waals surface area contributed by atoms with Crippen LogP contribution >= 0.6 is 11.3 Å². The molecule has 154 valence electrons. The van der Waals surface area contributed by atoms with Gasteiger partial charge in [0.25, 0.3) is 0 Å². The molecule has 5 nitrogen and oxygen atoms in total. The highest BCUT2D eigenvalue weighted by Crippen LogP contribution is 2.32. The van der Waals surface area contributed by atoms with Crippen molar-refractivity contribution in [2.75, 3.05) is 23.9 Å². The normalized spacial score (nSPS) is 11.0. The molecule has 0 saturated heterocycles. The maximum Gasteiger partial charge on any atom is 0.230 e. The Kier molecular flexibility index (Phi) is 6.47. The first-order valence-electron chi connectivity index (χ1n) is 9.60. The van der Waals surface area contributed by atoms with Gasteiger partial charge >= 0.3 is 0 Å². The van der Waals surface area contributed by atoms with Gasteiger partial charge in [0.05, 0.1) is 11.4 Å². The third kappa shape index (κ3) is 4.66. The zero-order valence-electron chi connectivity index (χ0n) is 17.8. The summed E-state index contributed by atoms with van der Waals surface area (Å²) in [5.74, 6) is -0.196. The van der Waals surface area contributed by atoms with Gasteiger partial charge < -0.3 is 4.90 Å². The molecule has 0 N–H and O–H groups in total. The molecule has 1 heterocycles. The van der Waals surface area contributed by atoms with Crippen molar-refractivity contribution in [2.45, 2.75) is 20.8 Å². The highest BCUT2D eigenvalue weighted by Gasteiger charge is 2.20. The van der Waals surface area contributed by atoms with Crippen molar-refractivity contribution < 1.29 is 9.59 Å². The van der Waals surface area contributed by atoms with E-state index in [9.17, 15) is 9.59 Å². The molecule has 0 unspecified atom stereocenters. The first-order chi connectivity index (χ1) is 14.3. The minimum absolute atomic E-state index is 0.0900. The van der Waals surface area contributed by atoms with Crippen LogP contribution < -0.4 is 9.80 Å². The summed E-state index contributed by atoms with van der Waals surface area (Å²) in [5.41, 5.74) is 5.27. The standard InChI is InChI=1S/C24H25N3O2S/c1-16-7-6-8-22(17(16)2)27(18(3)28)24-25-20(15-30-24)11-14-23(29)19-9-12-21(13-10-19)26(4)5/h6-15H,1-5H3. The van der Waals surface area contributed by atoms with Crippen LogP contribution in [0.5, 0.6) is 0 Å². The van der Waals surface area contributed by atoms with E-state index >= 15 is 0 Å². The van der Waals surface area contributed by atoms with Crippen LogP contribution in [0.25, 0.3) is 6.08 Å². The lowest BCUT2D eigenvalue weighted by Crippen LogP contribution is -2.23. The molecule has 0 spiro atoms. The maximum absolute atomic E-state index is 12.5. The van der Waals surface area contributed by atoms with E-state index in [4.69, 9.17) is 0 Å². The molecule has 0 atom stereocenters. The minimum atomic E-state index is -0.106. The molecule has 0 bridgehead atoms. The zero-order valence-corrected chi connectivity index (χ0v) is 18.7. The molecule has 6 heteroatoms. The Balaban J connectivity index is 1.81. The van der Waals surface area contributed by atoms with Crippen LogP contribution in [0.15, 0.2) is 53.9 Å². The molecule has 0 saturated carbocycles. The van der Waals surface area contributed by atoms with Crippen molar-refractivity contribution in [3.05, 3.63) is 76.3 Å². The van der Waals surface area contributed by atoms with E-state index in [2.05, 4.69) is 4.98 Å². The van der Waals surface area contributed by atoms with E-state index < -0.39 is 0 Å². The topological polar surface area (TPSA) is 53.5 Å². The van der Waals surface area contributed by atoms with Crippen LogP contribution in [0.3, 0.4) is 0 Å². The first-order valence-corrected chi connectivity index (χ1v) is 10.5. The Bertz CT molecular complexity index is 1100. The van der Waals surface area contributed by atoms with Gasteiger partial charge in [0.1, 0.15) is 0 Å². The Morgan fingerprint density at radius 2 is 1.73 bits per heavy atom. The Hall–Kier alpha value is -3.25. The number of carbonyl (C=O) groups is 2. The number of thiazole rings is 1. The van der Waals surface area contributed by atoms with Crippen LogP contribution in [0.1, 0.15) is 34.1 Å². The molecular formula is C24H25N3O2S. The van der Waals surface area contributed by atoms with Crippen molar-refractivity contribution in [3.63, 3.8) is 0 Å². The number of aromatic nitrogens is 1. The molecule has 1 aromatic heterocycles. The number of hydrogen-bond acceptors (Lipinski definition) is 5. The predicted molar refractivity (Wildman–Crippen MR) is 125 cm³/mol. The van der Waals surface area contributed by atoms with Crippen LogP contribution in [0.2, 0.25) is 0 Å². The molecule has 1 amide bonds.